The monoisotopic (exact) mass is 439 g/mol. The summed E-state index contributed by atoms with van der Waals surface area (Å²) in [7, 11) is 0. The molecule has 0 bridgehead atoms. The number of rotatable bonds is 5. The molecule has 0 aliphatic rings. The molecule has 2 amide bonds. The van der Waals surface area contributed by atoms with Gasteiger partial charge in [0.05, 0.1) is 16.3 Å². The number of hydrogen-bond acceptors (Lipinski definition) is 5. The van der Waals surface area contributed by atoms with Gasteiger partial charge in [-0.2, -0.15) is 0 Å². The molecule has 7 nitrogen and oxygen atoms in total. The summed E-state index contributed by atoms with van der Waals surface area (Å²) in [6.07, 6.45) is 2.32. The maximum atomic E-state index is 11.9. The first kappa shape index (κ1) is 19.9. The van der Waals surface area contributed by atoms with Crippen LogP contribution in [0.3, 0.4) is 0 Å². The third-order valence-electron chi connectivity index (χ3n) is 3.41. The molecule has 0 aliphatic carbocycles. The van der Waals surface area contributed by atoms with Gasteiger partial charge in [-0.1, -0.05) is 13.0 Å². The number of hydrogen-bond donors (Lipinski definition) is 3. The Labute approximate surface area is 164 Å². The number of benzene rings is 1. The van der Waals surface area contributed by atoms with Crippen molar-refractivity contribution in [3.05, 3.63) is 51.9 Å². The molecule has 2 rings (SSSR count). The van der Waals surface area contributed by atoms with Crippen molar-refractivity contribution in [2.24, 2.45) is 0 Å². The molecule has 3 N–H and O–H groups in total. The Bertz CT molecular complexity index is 822. The van der Waals surface area contributed by atoms with Crippen LogP contribution in [-0.4, -0.2) is 23.5 Å². The molecule has 0 atom stereocenters. The normalized spacial score (nSPS) is 10.1. The average molecular weight is 440 g/mol. The van der Waals surface area contributed by atoms with E-state index in [1.54, 1.807) is 13.0 Å². The van der Waals surface area contributed by atoms with Crippen molar-refractivity contribution in [2.75, 3.05) is 6.61 Å². The number of carbonyl (C=O) groups is 2. The quantitative estimate of drug-likeness (QED) is 0.489. The molecule has 0 saturated carbocycles. The lowest BCUT2D eigenvalue weighted by atomic mass is 10.2. The Kier molecular flexibility index (Phi) is 7.16. The summed E-state index contributed by atoms with van der Waals surface area (Å²) in [4.78, 5) is 23.8. The van der Waals surface area contributed by atoms with Crippen molar-refractivity contribution in [1.82, 2.24) is 16.2 Å². The van der Waals surface area contributed by atoms with E-state index in [0.29, 0.717) is 17.1 Å². The molecule has 2 aromatic rings. The molecule has 0 spiro atoms. The van der Waals surface area contributed by atoms with Crippen molar-refractivity contribution in [3.63, 3.8) is 0 Å². The predicted octanol–water partition coefficient (Wildman–Crippen LogP) is 2.63. The molecule has 0 radical (unpaired) electrons. The third kappa shape index (κ3) is 5.57. The van der Waals surface area contributed by atoms with Crippen molar-refractivity contribution in [2.45, 2.75) is 20.3 Å². The van der Waals surface area contributed by atoms with Gasteiger partial charge < -0.3 is 9.15 Å². The highest BCUT2D eigenvalue weighted by Crippen LogP contribution is 2.26. The van der Waals surface area contributed by atoms with Crippen LogP contribution in [-0.2, 0) is 11.2 Å². The SMILES string of the molecule is CCc1ccc(OCC(=O)NC(=S)NNC(=O)c2ccoc2C)c(Br)c1. The molecule has 0 aliphatic heterocycles. The van der Waals surface area contributed by atoms with Crippen molar-refractivity contribution >= 4 is 45.1 Å². The zero-order chi connectivity index (χ0) is 19.1. The fourth-order valence-corrected chi connectivity index (χ4v) is 2.73. The fourth-order valence-electron chi connectivity index (χ4n) is 2.02. The molecule has 0 fully saturated rings. The van der Waals surface area contributed by atoms with Gasteiger partial charge >= 0.3 is 0 Å². The molecule has 0 unspecified atom stereocenters. The van der Waals surface area contributed by atoms with Crippen LogP contribution in [0.15, 0.2) is 39.4 Å². The molecule has 9 heteroatoms. The largest absolute Gasteiger partial charge is 0.483 e. The Morgan fingerprint density at radius 3 is 2.65 bits per heavy atom. The summed E-state index contributed by atoms with van der Waals surface area (Å²) in [5, 5.41) is 2.36. The van der Waals surface area contributed by atoms with Crippen molar-refractivity contribution in [1.29, 1.82) is 0 Å². The summed E-state index contributed by atoms with van der Waals surface area (Å²) in [6.45, 7) is 3.49. The number of halogens is 1. The van der Waals surface area contributed by atoms with E-state index < -0.39 is 11.8 Å². The molecule has 26 heavy (non-hydrogen) atoms. The van der Waals surface area contributed by atoms with E-state index in [4.69, 9.17) is 21.4 Å². The van der Waals surface area contributed by atoms with Gasteiger partial charge in [0.2, 0.25) is 0 Å². The van der Waals surface area contributed by atoms with Gasteiger partial charge in [-0.3, -0.25) is 25.8 Å². The third-order valence-corrected chi connectivity index (χ3v) is 4.23. The molecule has 1 aromatic heterocycles. The lowest BCUT2D eigenvalue weighted by molar-refractivity contribution is -0.121. The molecular weight excluding hydrogens is 422 g/mol. The Hall–Kier alpha value is -2.39. The fraction of sp³-hybridized carbons (Fsp3) is 0.235. The van der Waals surface area contributed by atoms with Crippen LogP contribution in [0.1, 0.15) is 28.6 Å². The second-order valence-electron chi connectivity index (χ2n) is 5.25. The number of ether oxygens (including phenoxy) is 1. The van der Waals surface area contributed by atoms with Crippen LogP contribution in [0.4, 0.5) is 0 Å². The summed E-state index contributed by atoms with van der Waals surface area (Å²) >= 11 is 8.36. The van der Waals surface area contributed by atoms with Crippen LogP contribution in [0.2, 0.25) is 0 Å². The highest BCUT2D eigenvalue weighted by molar-refractivity contribution is 9.10. The smallest absolute Gasteiger partial charge is 0.273 e. The van der Waals surface area contributed by atoms with E-state index in [1.807, 2.05) is 12.1 Å². The van der Waals surface area contributed by atoms with E-state index in [9.17, 15) is 9.59 Å². The highest BCUT2D eigenvalue weighted by atomic mass is 79.9. The van der Waals surface area contributed by atoms with Crippen LogP contribution >= 0.6 is 28.1 Å². The van der Waals surface area contributed by atoms with Crippen LogP contribution in [0.5, 0.6) is 5.75 Å². The van der Waals surface area contributed by atoms with E-state index in [-0.39, 0.29) is 11.7 Å². The minimum Gasteiger partial charge on any atom is -0.483 e. The van der Waals surface area contributed by atoms with Gasteiger partial charge in [0.25, 0.3) is 11.8 Å². The lowest BCUT2D eigenvalue weighted by Gasteiger charge is -2.12. The number of thiocarbonyl (C=S) groups is 1. The Balaban J connectivity index is 1.76. The highest BCUT2D eigenvalue weighted by Gasteiger charge is 2.12. The summed E-state index contributed by atoms with van der Waals surface area (Å²) < 4.78 is 11.3. The van der Waals surface area contributed by atoms with Gasteiger partial charge in [-0.25, -0.2) is 0 Å². The van der Waals surface area contributed by atoms with Gasteiger partial charge in [0.15, 0.2) is 11.7 Å². The summed E-state index contributed by atoms with van der Waals surface area (Å²) in [5.74, 6) is 0.152. The van der Waals surface area contributed by atoms with Crippen LogP contribution in [0.25, 0.3) is 0 Å². The van der Waals surface area contributed by atoms with Gasteiger partial charge in [0.1, 0.15) is 11.5 Å². The lowest BCUT2D eigenvalue weighted by Crippen LogP contribution is -2.49. The number of hydrazine groups is 1. The molecule has 1 heterocycles. The number of carbonyl (C=O) groups excluding carboxylic acids is 2. The maximum Gasteiger partial charge on any atom is 0.273 e. The molecule has 0 saturated heterocycles. The summed E-state index contributed by atoms with van der Waals surface area (Å²) in [6, 6.07) is 7.19. The second-order valence-corrected chi connectivity index (χ2v) is 6.52. The maximum absolute atomic E-state index is 11.9. The van der Waals surface area contributed by atoms with Crippen LogP contribution < -0.4 is 20.9 Å². The second kappa shape index (κ2) is 9.35. The topological polar surface area (TPSA) is 92.6 Å². The minimum atomic E-state index is -0.456. The predicted molar refractivity (Wildman–Crippen MR) is 104 cm³/mol. The number of nitrogens with one attached hydrogen (secondary N) is 3. The first-order chi connectivity index (χ1) is 12.4. The molecule has 1 aromatic carbocycles. The molecular formula is C17H18BrN3O4S. The zero-order valence-corrected chi connectivity index (χ0v) is 16.6. The Morgan fingerprint density at radius 1 is 1.27 bits per heavy atom. The van der Waals surface area contributed by atoms with E-state index >= 15 is 0 Å². The first-order valence-corrected chi connectivity index (χ1v) is 8.96. The number of furan rings is 1. The van der Waals surface area contributed by atoms with Gasteiger partial charge in [-0.15, -0.1) is 0 Å². The molecule has 138 valence electrons. The number of aryl methyl sites for hydroxylation is 2. The minimum absolute atomic E-state index is 0.0477. The van der Waals surface area contributed by atoms with Gasteiger partial charge in [-0.05, 0) is 65.3 Å². The summed E-state index contributed by atoms with van der Waals surface area (Å²) in [5.41, 5.74) is 6.35. The van der Waals surface area contributed by atoms with E-state index in [2.05, 4.69) is 39.0 Å². The van der Waals surface area contributed by atoms with Gasteiger partial charge in [0, 0.05) is 0 Å². The van der Waals surface area contributed by atoms with Crippen LogP contribution in [0, 0.1) is 6.92 Å². The standard InChI is InChI=1S/C17H18BrN3O4S/c1-3-11-4-5-14(13(18)8-11)25-9-15(22)19-17(26)21-20-16(23)12-6-7-24-10(12)2/h4-8H,3,9H2,1-2H3,(H,20,23)(H2,19,21,22,26). The average Bonchev–Trinajstić information content (AvgIpc) is 3.04. The zero-order valence-electron chi connectivity index (χ0n) is 14.2. The Morgan fingerprint density at radius 2 is 2.04 bits per heavy atom. The van der Waals surface area contributed by atoms with E-state index in [1.165, 1.54) is 12.3 Å². The van der Waals surface area contributed by atoms with Crippen molar-refractivity contribution < 1.29 is 18.7 Å². The number of amides is 2. The first-order valence-electron chi connectivity index (χ1n) is 7.76. The van der Waals surface area contributed by atoms with E-state index in [0.717, 1.165) is 16.5 Å². The van der Waals surface area contributed by atoms with Crippen molar-refractivity contribution in [3.8, 4) is 5.75 Å².